The molecule has 2 rings (SSSR count). The first kappa shape index (κ1) is 16.4. The van der Waals surface area contributed by atoms with E-state index in [0.29, 0.717) is 13.2 Å². The van der Waals surface area contributed by atoms with Crippen LogP contribution in [0.3, 0.4) is 0 Å². The molecule has 0 radical (unpaired) electrons. The van der Waals surface area contributed by atoms with E-state index < -0.39 is 5.60 Å². The fourth-order valence-electron chi connectivity index (χ4n) is 2.71. The van der Waals surface area contributed by atoms with Gasteiger partial charge in [-0.25, -0.2) is 0 Å². The quantitative estimate of drug-likeness (QED) is 0.875. The van der Waals surface area contributed by atoms with Crippen molar-refractivity contribution in [3.63, 3.8) is 0 Å². The zero-order valence-corrected chi connectivity index (χ0v) is 13.5. The van der Waals surface area contributed by atoms with Gasteiger partial charge in [-0.2, -0.15) is 5.06 Å². The van der Waals surface area contributed by atoms with Gasteiger partial charge in [-0.15, -0.1) is 0 Å². The number of benzene rings is 1. The van der Waals surface area contributed by atoms with E-state index in [-0.39, 0.29) is 18.2 Å². The smallest absolute Gasteiger partial charge is 0.179 e. The Bertz CT molecular complexity index is 429. The topological polar surface area (TPSA) is 41.9 Å². The van der Waals surface area contributed by atoms with Crippen LogP contribution in [-0.4, -0.2) is 34.7 Å². The molecule has 4 nitrogen and oxygen atoms in total. The molecule has 1 aromatic carbocycles. The Hall–Kier alpha value is -0.940. The fourth-order valence-corrected chi connectivity index (χ4v) is 2.71. The van der Waals surface area contributed by atoms with Crippen LogP contribution in [0.1, 0.15) is 39.7 Å². The minimum atomic E-state index is -0.746. The highest BCUT2D eigenvalue weighted by Crippen LogP contribution is 2.33. The van der Waals surface area contributed by atoms with E-state index >= 15 is 0 Å². The lowest BCUT2D eigenvalue weighted by molar-refractivity contribution is -0.249. The molecule has 21 heavy (non-hydrogen) atoms. The van der Waals surface area contributed by atoms with Gasteiger partial charge in [0.15, 0.2) is 6.29 Å². The van der Waals surface area contributed by atoms with Crippen molar-refractivity contribution in [2.75, 3.05) is 6.61 Å². The van der Waals surface area contributed by atoms with Crippen LogP contribution in [0, 0.1) is 5.92 Å². The predicted octanol–water partition coefficient (Wildman–Crippen LogP) is 2.96. The van der Waals surface area contributed by atoms with Gasteiger partial charge in [0, 0.05) is 31.5 Å². The van der Waals surface area contributed by atoms with Crippen molar-refractivity contribution >= 4 is 0 Å². The lowest BCUT2D eigenvalue weighted by atomic mass is 9.84. The maximum atomic E-state index is 10.3. The molecular weight excluding hydrogens is 266 g/mol. The van der Waals surface area contributed by atoms with Crippen LogP contribution in [0.2, 0.25) is 0 Å². The van der Waals surface area contributed by atoms with Crippen LogP contribution in [0.25, 0.3) is 0 Å². The van der Waals surface area contributed by atoms with Crippen LogP contribution < -0.4 is 0 Å². The Morgan fingerprint density at radius 2 is 2.05 bits per heavy atom. The molecular formula is C17H27NO3. The first-order valence-electron chi connectivity index (χ1n) is 7.73. The summed E-state index contributed by atoms with van der Waals surface area (Å²) < 4.78 is 5.62. The lowest BCUT2D eigenvalue weighted by Gasteiger charge is -2.34. The average Bonchev–Trinajstić information content (AvgIpc) is 2.81. The Kier molecular flexibility index (Phi) is 5.38. The van der Waals surface area contributed by atoms with Crippen molar-refractivity contribution in [1.82, 2.24) is 5.06 Å². The summed E-state index contributed by atoms with van der Waals surface area (Å²) in [5, 5.41) is 12.3. The second-order valence-electron chi connectivity index (χ2n) is 6.30. The standard InChI is InChI=1S/C17H27NO3/c1-5-20-16-11-15(13(2)17(3,4)19)18(21-16)12-14-9-7-6-8-10-14/h6-10,13,15-16,19H,5,11-12H2,1-4H3. The lowest BCUT2D eigenvalue weighted by Crippen LogP contribution is -2.43. The molecule has 1 aliphatic rings. The van der Waals surface area contributed by atoms with E-state index in [9.17, 15) is 5.11 Å². The first-order chi connectivity index (χ1) is 9.91. The third kappa shape index (κ3) is 4.27. The first-order valence-corrected chi connectivity index (χ1v) is 7.73. The normalized spacial score (nSPS) is 25.2. The highest BCUT2D eigenvalue weighted by atomic mass is 16.8. The maximum absolute atomic E-state index is 10.3. The summed E-state index contributed by atoms with van der Waals surface area (Å²) in [5.74, 6) is 0.0895. The molecule has 1 aromatic rings. The van der Waals surface area contributed by atoms with E-state index in [0.717, 1.165) is 6.42 Å². The van der Waals surface area contributed by atoms with Gasteiger partial charge in [-0.3, -0.25) is 4.84 Å². The summed E-state index contributed by atoms with van der Waals surface area (Å²) in [7, 11) is 0. The zero-order valence-electron chi connectivity index (χ0n) is 13.5. The second kappa shape index (κ2) is 6.88. The van der Waals surface area contributed by atoms with E-state index in [1.807, 2.05) is 44.0 Å². The third-order valence-corrected chi connectivity index (χ3v) is 4.28. The highest BCUT2D eigenvalue weighted by molar-refractivity contribution is 5.14. The van der Waals surface area contributed by atoms with Gasteiger partial charge < -0.3 is 9.84 Å². The molecule has 0 aromatic heterocycles. The second-order valence-corrected chi connectivity index (χ2v) is 6.30. The number of hydrogen-bond acceptors (Lipinski definition) is 4. The highest BCUT2D eigenvalue weighted by Gasteiger charge is 2.42. The molecule has 3 unspecified atom stereocenters. The number of aliphatic hydroxyl groups is 1. The zero-order chi connectivity index (χ0) is 15.5. The van der Waals surface area contributed by atoms with Crippen molar-refractivity contribution in [1.29, 1.82) is 0 Å². The molecule has 1 aliphatic heterocycles. The molecule has 3 atom stereocenters. The van der Waals surface area contributed by atoms with Crippen LogP contribution >= 0.6 is 0 Å². The molecule has 118 valence electrons. The Balaban J connectivity index is 2.11. The van der Waals surface area contributed by atoms with Gasteiger partial charge >= 0.3 is 0 Å². The minimum absolute atomic E-state index is 0.0895. The molecule has 1 heterocycles. The predicted molar refractivity (Wildman–Crippen MR) is 82.4 cm³/mol. The Morgan fingerprint density at radius 1 is 1.38 bits per heavy atom. The van der Waals surface area contributed by atoms with Crippen molar-refractivity contribution in [3.05, 3.63) is 35.9 Å². The Labute approximate surface area is 127 Å². The molecule has 0 spiro atoms. The molecule has 4 heteroatoms. The van der Waals surface area contributed by atoms with Crippen LogP contribution in [-0.2, 0) is 16.1 Å². The summed E-state index contributed by atoms with van der Waals surface area (Å²) in [6.45, 7) is 9.08. The number of ether oxygens (including phenoxy) is 1. The van der Waals surface area contributed by atoms with Crippen molar-refractivity contribution in [3.8, 4) is 0 Å². The largest absolute Gasteiger partial charge is 0.390 e. The van der Waals surface area contributed by atoms with E-state index in [4.69, 9.17) is 9.57 Å². The SMILES string of the molecule is CCOC1CC(C(C)C(C)(C)O)N(Cc2ccccc2)O1. The number of rotatable bonds is 6. The van der Waals surface area contributed by atoms with Gasteiger partial charge in [0.2, 0.25) is 0 Å². The van der Waals surface area contributed by atoms with Crippen LogP contribution in [0.4, 0.5) is 0 Å². The van der Waals surface area contributed by atoms with E-state index in [1.165, 1.54) is 5.56 Å². The van der Waals surface area contributed by atoms with Gasteiger partial charge in [-0.05, 0) is 26.3 Å². The summed E-state index contributed by atoms with van der Waals surface area (Å²) in [4.78, 5) is 5.93. The molecule has 1 fully saturated rings. The van der Waals surface area contributed by atoms with E-state index in [2.05, 4.69) is 19.1 Å². The number of nitrogens with zero attached hydrogens (tertiary/aromatic N) is 1. The maximum Gasteiger partial charge on any atom is 0.179 e. The molecule has 0 bridgehead atoms. The molecule has 0 amide bonds. The van der Waals surface area contributed by atoms with Gasteiger partial charge in [0.05, 0.1) is 5.60 Å². The summed E-state index contributed by atoms with van der Waals surface area (Å²) in [6.07, 6.45) is 0.569. The summed E-state index contributed by atoms with van der Waals surface area (Å²) >= 11 is 0. The van der Waals surface area contributed by atoms with Gasteiger partial charge in [-0.1, -0.05) is 37.3 Å². The van der Waals surface area contributed by atoms with Crippen molar-refractivity contribution < 1.29 is 14.7 Å². The molecule has 0 saturated carbocycles. The average molecular weight is 293 g/mol. The van der Waals surface area contributed by atoms with Gasteiger partial charge in [0.25, 0.3) is 0 Å². The fraction of sp³-hybridized carbons (Fsp3) is 0.647. The Morgan fingerprint density at radius 3 is 2.62 bits per heavy atom. The van der Waals surface area contributed by atoms with E-state index in [1.54, 1.807) is 0 Å². The molecule has 1 saturated heterocycles. The van der Waals surface area contributed by atoms with Crippen molar-refractivity contribution in [2.24, 2.45) is 5.92 Å². The van der Waals surface area contributed by atoms with Crippen LogP contribution in [0.5, 0.6) is 0 Å². The summed E-state index contributed by atoms with van der Waals surface area (Å²) in [6, 6.07) is 10.4. The third-order valence-electron chi connectivity index (χ3n) is 4.28. The molecule has 1 N–H and O–H groups in total. The summed E-state index contributed by atoms with van der Waals surface area (Å²) in [5.41, 5.74) is 0.451. The van der Waals surface area contributed by atoms with Crippen LogP contribution in [0.15, 0.2) is 30.3 Å². The minimum Gasteiger partial charge on any atom is -0.390 e. The number of hydrogen-bond donors (Lipinski definition) is 1. The monoisotopic (exact) mass is 293 g/mol. The number of hydroxylamine groups is 2. The van der Waals surface area contributed by atoms with Gasteiger partial charge in [0.1, 0.15) is 0 Å². The molecule has 0 aliphatic carbocycles. The van der Waals surface area contributed by atoms with Crippen molar-refractivity contribution in [2.45, 2.75) is 58.6 Å².